The Morgan fingerprint density at radius 3 is 1.43 bits per heavy atom. The highest BCUT2D eigenvalue weighted by Gasteiger charge is 1.93. The molecule has 0 aliphatic rings. The summed E-state index contributed by atoms with van der Waals surface area (Å²) in [5.41, 5.74) is 0. The molecule has 44 valence electrons. The van der Waals surface area contributed by atoms with Crippen LogP contribution in [0.3, 0.4) is 0 Å². The quantitative estimate of drug-likeness (QED) is 0.417. The number of hydrogen-bond acceptors (Lipinski definition) is 1. The Balaban J connectivity index is 0. The highest BCUT2D eigenvalue weighted by atomic mass is 35.5. The summed E-state index contributed by atoms with van der Waals surface area (Å²) in [5, 5.41) is 0.194. The van der Waals surface area contributed by atoms with Crippen molar-refractivity contribution in [2.24, 2.45) is 0 Å². The molecule has 0 amide bonds. The lowest BCUT2D eigenvalue weighted by molar-refractivity contribution is 0.405. The standard InChI is InChI=1S/CH2Cl2.HO3P/c2-1-3;1-4(2)3/h1H2;(H-,1,2,3)/p+1. The molecule has 7 heavy (non-hydrogen) atoms. The molecule has 0 aromatic carbocycles. The van der Waals surface area contributed by atoms with Crippen molar-refractivity contribution in [2.75, 3.05) is 5.34 Å². The molecule has 0 radical (unpaired) electrons. The Bertz CT molecular complexity index is 44.2. The van der Waals surface area contributed by atoms with Crippen LogP contribution in [0.4, 0.5) is 0 Å². The van der Waals surface area contributed by atoms with Crippen LogP contribution in [0.5, 0.6) is 0 Å². The van der Waals surface area contributed by atoms with Crippen molar-refractivity contribution in [2.45, 2.75) is 0 Å². The van der Waals surface area contributed by atoms with Gasteiger partial charge in [0.25, 0.3) is 0 Å². The highest BCUT2D eigenvalue weighted by molar-refractivity contribution is 7.30. The largest absolute Gasteiger partial charge is 0.692 e. The molecular weight excluding hydrogens is 162 g/mol. The summed E-state index contributed by atoms with van der Waals surface area (Å²) in [5.74, 6) is 0. The fraction of sp³-hybridized carbons (Fsp3) is 1.00. The van der Waals surface area contributed by atoms with Gasteiger partial charge in [-0.2, -0.15) is 0 Å². The third-order valence-electron chi connectivity index (χ3n) is 0. The van der Waals surface area contributed by atoms with E-state index in [0.717, 1.165) is 0 Å². The number of halogens is 2. The van der Waals surface area contributed by atoms with E-state index in [9.17, 15) is 0 Å². The van der Waals surface area contributed by atoms with Crippen LogP contribution in [0.15, 0.2) is 0 Å². The predicted octanol–water partition coefficient (Wildman–Crippen LogP) is 1.05. The Morgan fingerprint density at radius 2 is 1.43 bits per heavy atom. The zero-order chi connectivity index (χ0) is 6.28. The second-order valence-corrected chi connectivity index (χ2v) is 1.67. The van der Waals surface area contributed by atoms with Crippen LogP contribution in [-0.4, -0.2) is 15.1 Å². The Kier molecular flexibility index (Phi) is 14.8. The molecule has 2 N–H and O–H groups in total. The van der Waals surface area contributed by atoms with E-state index in [2.05, 4.69) is 0 Å². The van der Waals surface area contributed by atoms with Crippen molar-refractivity contribution < 1.29 is 14.4 Å². The van der Waals surface area contributed by atoms with Gasteiger partial charge in [0.05, 0.1) is 5.34 Å². The third kappa shape index (κ3) is 388. The Labute approximate surface area is 51.8 Å². The minimum Gasteiger partial charge on any atom is -0.134 e. The van der Waals surface area contributed by atoms with E-state index in [0.29, 0.717) is 0 Å². The van der Waals surface area contributed by atoms with E-state index >= 15 is 0 Å². The van der Waals surface area contributed by atoms with Crippen molar-refractivity contribution in [3.05, 3.63) is 0 Å². The summed E-state index contributed by atoms with van der Waals surface area (Å²) in [6, 6.07) is 0. The van der Waals surface area contributed by atoms with Crippen LogP contribution in [0.1, 0.15) is 0 Å². The van der Waals surface area contributed by atoms with E-state index < -0.39 is 8.25 Å². The lowest BCUT2D eigenvalue weighted by atomic mass is 11.9. The van der Waals surface area contributed by atoms with Gasteiger partial charge in [-0.3, -0.25) is 0 Å². The van der Waals surface area contributed by atoms with Gasteiger partial charge >= 0.3 is 8.25 Å². The lowest BCUT2D eigenvalue weighted by Gasteiger charge is -1.42. The van der Waals surface area contributed by atoms with Crippen LogP contribution in [0, 0.1) is 0 Å². The molecule has 3 nitrogen and oxygen atoms in total. The first kappa shape index (κ1) is 10.6. The molecule has 0 aromatic rings. The van der Waals surface area contributed by atoms with E-state index in [1.165, 1.54) is 0 Å². The average Bonchev–Trinajstić information content (AvgIpc) is 1.33. The molecule has 6 heteroatoms. The topological polar surface area (TPSA) is 57.5 Å². The SMILES string of the molecule is ClCCl.O=[P+](O)O. The maximum absolute atomic E-state index is 8.70. The molecule has 0 atom stereocenters. The van der Waals surface area contributed by atoms with E-state index in [4.69, 9.17) is 37.6 Å². The zero-order valence-electron chi connectivity index (χ0n) is 3.21. The van der Waals surface area contributed by atoms with Crippen molar-refractivity contribution >= 4 is 31.5 Å². The van der Waals surface area contributed by atoms with Crippen molar-refractivity contribution in [3.8, 4) is 0 Å². The van der Waals surface area contributed by atoms with Gasteiger partial charge in [0.2, 0.25) is 0 Å². The number of rotatable bonds is 0. The smallest absolute Gasteiger partial charge is 0.134 e. The van der Waals surface area contributed by atoms with Gasteiger partial charge in [-0.05, 0) is 0 Å². The first-order valence-electron chi connectivity index (χ1n) is 1.12. The molecule has 0 fully saturated rings. The number of alkyl halides is 2. The van der Waals surface area contributed by atoms with Crippen molar-refractivity contribution in [1.29, 1.82) is 0 Å². The normalized spacial score (nSPS) is 6.29. The highest BCUT2D eigenvalue weighted by Crippen LogP contribution is 1.98. The molecule has 0 rings (SSSR count). The van der Waals surface area contributed by atoms with Crippen molar-refractivity contribution in [3.63, 3.8) is 0 Å². The second kappa shape index (κ2) is 9.78. The van der Waals surface area contributed by atoms with E-state index in [-0.39, 0.29) is 5.34 Å². The molecule has 0 heterocycles. The van der Waals surface area contributed by atoms with Gasteiger partial charge < -0.3 is 0 Å². The summed E-state index contributed by atoms with van der Waals surface area (Å²) >= 11 is 9.53. The zero-order valence-corrected chi connectivity index (χ0v) is 5.62. The molecule has 0 aliphatic heterocycles. The van der Waals surface area contributed by atoms with Gasteiger partial charge in [-0.15, -0.1) is 33.0 Å². The third-order valence-corrected chi connectivity index (χ3v) is 0. The molecule has 0 aliphatic carbocycles. The first-order chi connectivity index (χ1) is 3.15. The summed E-state index contributed by atoms with van der Waals surface area (Å²) in [6.45, 7) is 0. The molecular formula is CH4Cl2O3P+. The average molecular weight is 166 g/mol. The lowest BCUT2D eigenvalue weighted by Crippen LogP contribution is -1.38. The summed E-state index contributed by atoms with van der Waals surface area (Å²) in [6.07, 6.45) is 0. The second-order valence-electron chi connectivity index (χ2n) is 0.354. The minimum atomic E-state index is -2.87. The van der Waals surface area contributed by atoms with E-state index in [1.807, 2.05) is 0 Å². The van der Waals surface area contributed by atoms with Crippen LogP contribution in [-0.2, 0) is 4.57 Å². The van der Waals surface area contributed by atoms with Crippen molar-refractivity contribution in [1.82, 2.24) is 0 Å². The molecule has 0 spiro atoms. The monoisotopic (exact) mass is 165 g/mol. The first-order valence-corrected chi connectivity index (χ1v) is 3.35. The summed E-state index contributed by atoms with van der Waals surface area (Å²) in [4.78, 5) is 14.2. The van der Waals surface area contributed by atoms with Crippen LogP contribution in [0.25, 0.3) is 0 Å². The van der Waals surface area contributed by atoms with Crippen LogP contribution >= 0.6 is 31.5 Å². The predicted molar refractivity (Wildman–Crippen MR) is 28.6 cm³/mol. The number of hydrogen-bond donors (Lipinski definition) is 2. The summed E-state index contributed by atoms with van der Waals surface area (Å²) in [7, 11) is -2.87. The van der Waals surface area contributed by atoms with Gasteiger partial charge in [0.15, 0.2) is 0 Å². The summed E-state index contributed by atoms with van der Waals surface area (Å²) < 4.78 is 8.70. The fourth-order valence-electron chi connectivity index (χ4n) is 0. The molecule has 0 saturated carbocycles. The van der Waals surface area contributed by atoms with Crippen LogP contribution in [0.2, 0.25) is 0 Å². The molecule has 0 saturated heterocycles. The minimum absolute atomic E-state index is 0.194. The van der Waals surface area contributed by atoms with Gasteiger partial charge in [0.1, 0.15) is 0 Å². The maximum atomic E-state index is 8.70. The fourth-order valence-corrected chi connectivity index (χ4v) is 0. The Morgan fingerprint density at radius 1 is 1.43 bits per heavy atom. The van der Waals surface area contributed by atoms with Gasteiger partial charge in [0, 0.05) is 4.57 Å². The van der Waals surface area contributed by atoms with Gasteiger partial charge in [-0.1, -0.05) is 0 Å². The molecule has 0 bridgehead atoms. The van der Waals surface area contributed by atoms with Gasteiger partial charge in [-0.25, -0.2) is 0 Å². The Hall–Kier alpha value is 0.600. The molecule has 0 aromatic heterocycles. The molecule has 0 unspecified atom stereocenters. The van der Waals surface area contributed by atoms with E-state index in [1.54, 1.807) is 0 Å². The maximum Gasteiger partial charge on any atom is 0.692 e. The van der Waals surface area contributed by atoms with Crippen LogP contribution < -0.4 is 0 Å².